The fourth-order valence-electron chi connectivity index (χ4n) is 1.36. The normalized spacial score (nSPS) is 10.9. The molecular weight excluding hydrogens is 240 g/mol. The molecule has 0 spiro atoms. The van der Waals surface area contributed by atoms with Crippen LogP contribution in [0.3, 0.4) is 0 Å². The molecule has 3 nitrogen and oxygen atoms in total. The van der Waals surface area contributed by atoms with E-state index in [0.29, 0.717) is 6.42 Å². The Morgan fingerprint density at radius 1 is 1.50 bits per heavy atom. The summed E-state index contributed by atoms with van der Waals surface area (Å²) in [6, 6.07) is 2.11. The summed E-state index contributed by atoms with van der Waals surface area (Å²) in [5.74, 6) is 1.01. The molecule has 0 atom stereocenters. The monoisotopic (exact) mass is 252 g/mol. The molecule has 0 unspecified atom stereocenters. The number of carbonyl (C=O) groups excluding carboxylic acids is 1. The average molecular weight is 252 g/mol. The summed E-state index contributed by atoms with van der Waals surface area (Å²) in [5.41, 5.74) is 0. The predicted octanol–water partition coefficient (Wildman–Crippen LogP) is 3.07. The molecule has 0 radical (unpaired) electrons. The van der Waals surface area contributed by atoms with Gasteiger partial charge in [0, 0.05) is 22.4 Å². The van der Waals surface area contributed by atoms with Gasteiger partial charge in [0.1, 0.15) is 22.0 Å². The van der Waals surface area contributed by atoms with Crippen molar-refractivity contribution in [1.29, 1.82) is 0 Å². The van der Waals surface area contributed by atoms with E-state index < -0.39 is 0 Å². The third-order valence-corrected chi connectivity index (χ3v) is 4.07. The van der Waals surface area contributed by atoms with Gasteiger partial charge in [0.2, 0.25) is 0 Å². The molecule has 2 aromatic rings. The second kappa shape index (κ2) is 4.93. The summed E-state index contributed by atoms with van der Waals surface area (Å²) in [6.45, 7) is 3.68. The standard InChI is InChI=1S/C11H12N2OS2/c1-7(14)3-4-15-10-9-5-8(2)16-11(9)13-6-12-10/h5-6H,3-4H2,1-2H3. The first-order valence-electron chi connectivity index (χ1n) is 5.00. The van der Waals surface area contributed by atoms with Crippen LogP contribution < -0.4 is 0 Å². The van der Waals surface area contributed by atoms with Crippen molar-refractivity contribution >= 4 is 39.1 Å². The van der Waals surface area contributed by atoms with Gasteiger partial charge in [-0.1, -0.05) is 0 Å². The van der Waals surface area contributed by atoms with E-state index in [2.05, 4.69) is 23.0 Å². The topological polar surface area (TPSA) is 42.9 Å². The summed E-state index contributed by atoms with van der Waals surface area (Å²) < 4.78 is 0. The molecule has 0 saturated heterocycles. The average Bonchev–Trinajstić information content (AvgIpc) is 2.58. The lowest BCUT2D eigenvalue weighted by molar-refractivity contribution is -0.116. The summed E-state index contributed by atoms with van der Waals surface area (Å²) in [5, 5.41) is 2.09. The molecule has 84 valence electrons. The Labute approximate surface area is 102 Å². The summed E-state index contributed by atoms with van der Waals surface area (Å²) in [4.78, 5) is 21.6. The van der Waals surface area contributed by atoms with Crippen molar-refractivity contribution in [3.8, 4) is 0 Å². The SMILES string of the molecule is CC(=O)CCSc1ncnc2sc(C)cc12. The lowest BCUT2D eigenvalue weighted by atomic mass is 10.4. The highest BCUT2D eigenvalue weighted by Gasteiger charge is 2.07. The van der Waals surface area contributed by atoms with Crippen LogP contribution >= 0.6 is 23.1 Å². The van der Waals surface area contributed by atoms with E-state index in [1.54, 1.807) is 36.3 Å². The molecule has 0 aliphatic rings. The molecule has 0 aromatic carbocycles. The van der Waals surface area contributed by atoms with Crippen molar-refractivity contribution in [3.05, 3.63) is 17.3 Å². The lowest BCUT2D eigenvalue weighted by Gasteiger charge is -1.99. The van der Waals surface area contributed by atoms with E-state index in [-0.39, 0.29) is 5.78 Å². The fourth-order valence-corrected chi connectivity index (χ4v) is 3.29. The summed E-state index contributed by atoms with van der Waals surface area (Å²) in [6.07, 6.45) is 2.19. The second-order valence-electron chi connectivity index (χ2n) is 3.56. The Morgan fingerprint density at radius 2 is 2.31 bits per heavy atom. The lowest BCUT2D eigenvalue weighted by Crippen LogP contribution is -1.92. The van der Waals surface area contributed by atoms with Crippen LogP contribution in [-0.2, 0) is 4.79 Å². The molecule has 0 fully saturated rings. The summed E-state index contributed by atoms with van der Waals surface area (Å²) >= 11 is 3.30. The molecule has 2 aromatic heterocycles. The zero-order chi connectivity index (χ0) is 11.5. The van der Waals surface area contributed by atoms with Gasteiger partial charge in [0.25, 0.3) is 0 Å². The van der Waals surface area contributed by atoms with E-state index in [1.807, 2.05) is 0 Å². The number of aromatic nitrogens is 2. The minimum Gasteiger partial charge on any atom is -0.300 e. The number of Topliss-reactive ketones (excluding diaryl/α,β-unsaturated/α-hetero) is 1. The van der Waals surface area contributed by atoms with Crippen LogP contribution in [0.15, 0.2) is 17.4 Å². The van der Waals surface area contributed by atoms with Crippen molar-refractivity contribution in [3.63, 3.8) is 0 Å². The summed E-state index contributed by atoms with van der Waals surface area (Å²) in [7, 11) is 0. The first-order valence-corrected chi connectivity index (χ1v) is 6.80. The first-order chi connectivity index (χ1) is 7.66. The minimum absolute atomic E-state index is 0.222. The number of ketones is 1. The highest BCUT2D eigenvalue weighted by Crippen LogP contribution is 2.30. The zero-order valence-electron chi connectivity index (χ0n) is 9.19. The Balaban J connectivity index is 2.20. The largest absolute Gasteiger partial charge is 0.300 e. The molecule has 2 rings (SSSR count). The maximum Gasteiger partial charge on any atom is 0.130 e. The highest BCUT2D eigenvalue weighted by molar-refractivity contribution is 7.99. The van der Waals surface area contributed by atoms with Crippen molar-refractivity contribution in [2.45, 2.75) is 25.3 Å². The van der Waals surface area contributed by atoms with E-state index in [9.17, 15) is 4.79 Å². The van der Waals surface area contributed by atoms with Crippen LogP contribution in [0.5, 0.6) is 0 Å². The van der Waals surface area contributed by atoms with Crippen LogP contribution in [0, 0.1) is 6.92 Å². The van der Waals surface area contributed by atoms with Gasteiger partial charge in [-0.25, -0.2) is 9.97 Å². The third-order valence-electron chi connectivity index (χ3n) is 2.11. The number of rotatable bonds is 4. The van der Waals surface area contributed by atoms with Crippen LogP contribution in [0.4, 0.5) is 0 Å². The highest BCUT2D eigenvalue weighted by atomic mass is 32.2. The Kier molecular flexibility index (Phi) is 3.56. The molecule has 0 bridgehead atoms. The number of hydrogen-bond acceptors (Lipinski definition) is 5. The van der Waals surface area contributed by atoms with Gasteiger partial charge in [-0.2, -0.15) is 0 Å². The van der Waals surface area contributed by atoms with Gasteiger partial charge in [-0.3, -0.25) is 4.79 Å². The smallest absolute Gasteiger partial charge is 0.130 e. The number of thioether (sulfide) groups is 1. The van der Waals surface area contributed by atoms with Crippen molar-refractivity contribution < 1.29 is 4.79 Å². The number of thiophene rings is 1. The molecule has 0 aliphatic heterocycles. The molecule has 2 heterocycles. The van der Waals surface area contributed by atoms with Crippen LogP contribution in [0.2, 0.25) is 0 Å². The number of carbonyl (C=O) groups is 1. The van der Waals surface area contributed by atoms with E-state index in [0.717, 1.165) is 21.0 Å². The van der Waals surface area contributed by atoms with Gasteiger partial charge >= 0.3 is 0 Å². The molecular formula is C11H12N2OS2. The van der Waals surface area contributed by atoms with Crippen LogP contribution in [-0.4, -0.2) is 21.5 Å². The van der Waals surface area contributed by atoms with Crippen LogP contribution in [0.1, 0.15) is 18.2 Å². The zero-order valence-corrected chi connectivity index (χ0v) is 10.8. The molecule has 16 heavy (non-hydrogen) atoms. The van der Waals surface area contributed by atoms with Gasteiger partial charge in [-0.05, 0) is 19.9 Å². The van der Waals surface area contributed by atoms with Crippen molar-refractivity contribution in [1.82, 2.24) is 9.97 Å². The maximum absolute atomic E-state index is 10.9. The third kappa shape index (κ3) is 2.59. The molecule has 0 saturated carbocycles. The minimum atomic E-state index is 0.222. The van der Waals surface area contributed by atoms with E-state index >= 15 is 0 Å². The first kappa shape index (κ1) is 11.5. The maximum atomic E-state index is 10.9. The van der Waals surface area contributed by atoms with Gasteiger partial charge in [0.05, 0.1) is 0 Å². The van der Waals surface area contributed by atoms with Crippen molar-refractivity contribution in [2.75, 3.05) is 5.75 Å². The molecule has 0 N–H and O–H groups in total. The van der Waals surface area contributed by atoms with Gasteiger partial charge < -0.3 is 0 Å². The van der Waals surface area contributed by atoms with Gasteiger partial charge in [0.15, 0.2) is 0 Å². The van der Waals surface area contributed by atoms with Gasteiger partial charge in [-0.15, -0.1) is 23.1 Å². The van der Waals surface area contributed by atoms with Crippen molar-refractivity contribution in [2.24, 2.45) is 0 Å². The number of nitrogens with zero attached hydrogens (tertiary/aromatic N) is 2. The predicted molar refractivity (Wildman–Crippen MR) is 68.2 cm³/mol. The Morgan fingerprint density at radius 3 is 3.06 bits per heavy atom. The Hall–Kier alpha value is -0.940. The van der Waals surface area contributed by atoms with E-state index in [4.69, 9.17) is 0 Å². The molecule has 0 aliphatic carbocycles. The quantitative estimate of drug-likeness (QED) is 0.619. The Bertz CT molecular complexity index is 522. The molecule has 0 amide bonds. The molecule has 5 heteroatoms. The second-order valence-corrected chi connectivity index (χ2v) is 5.87. The van der Waals surface area contributed by atoms with Crippen LogP contribution in [0.25, 0.3) is 10.2 Å². The fraction of sp³-hybridized carbons (Fsp3) is 0.364. The number of hydrogen-bond donors (Lipinski definition) is 0. The number of fused-ring (bicyclic) bond motifs is 1. The van der Waals surface area contributed by atoms with E-state index in [1.165, 1.54) is 4.88 Å². The number of aryl methyl sites for hydroxylation is 1.